The molecular weight excluding hydrogens is 252 g/mol. The van der Waals surface area contributed by atoms with Crippen LogP contribution in [-0.2, 0) is 16.0 Å². The molecule has 2 heterocycles. The third-order valence-corrected chi connectivity index (χ3v) is 3.75. The van der Waals surface area contributed by atoms with Crippen LogP contribution in [0.5, 0.6) is 0 Å². The maximum absolute atomic E-state index is 11.8. The van der Waals surface area contributed by atoms with E-state index in [1.54, 1.807) is 7.11 Å². The van der Waals surface area contributed by atoms with Crippen molar-refractivity contribution in [2.24, 2.45) is 0 Å². The average molecular weight is 270 g/mol. The summed E-state index contributed by atoms with van der Waals surface area (Å²) in [6, 6.07) is -0.185. The first-order valence-electron chi connectivity index (χ1n) is 6.08. The Bertz CT molecular complexity index is 410. The van der Waals surface area contributed by atoms with Gasteiger partial charge in [-0.25, -0.2) is 4.98 Å². The lowest BCUT2D eigenvalue weighted by atomic mass is 10.3. The Hall–Kier alpha value is -1.21. The molecule has 1 fully saturated rings. The van der Waals surface area contributed by atoms with Gasteiger partial charge in [-0.2, -0.15) is 4.37 Å². The molecule has 1 atom stereocenters. The van der Waals surface area contributed by atoms with Gasteiger partial charge in [-0.1, -0.05) is 0 Å². The summed E-state index contributed by atoms with van der Waals surface area (Å²) >= 11 is 1.35. The molecule has 1 aliphatic heterocycles. The molecule has 1 aromatic heterocycles. The van der Waals surface area contributed by atoms with Gasteiger partial charge in [0.1, 0.15) is 11.9 Å². The fraction of sp³-hybridized carbons (Fsp3) is 0.727. The highest BCUT2D eigenvalue weighted by Gasteiger charge is 2.26. The molecule has 0 bridgehead atoms. The smallest absolute Gasteiger partial charge is 0.242 e. The number of methoxy groups -OCH3 is 1. The van der Waals surface area contributed by atoms with Crippen molar-refractivity contribution in [3.8, 4) is 0 Å². The van der Waals surface area contributed by atoms with Crippen LogP contribution in [-0.4, -0.2) is 48.1 Å². The third-order valence-electron chi connectivity index (χ3n) is 2.95. The first-order valence-corrected chi connectivity index (χ1v) is 6.85. The molecule has 0 aliphatic carbocycles. The van der Waals surface area contributed by atoms with Gasteiger partial charge in [0.05, 0.1) is 6.61 Å². The van der Waals surface area contributed by atoms with E-state index in [-0.39, 0.29) is 11.9 Å². The fourth-order valence-corrected chi connectivity index (χ4v) is 2.68. The Labute approximate surface area is 111 Å². The van der Waals surface area contributed by atoms with Gasteiger partial charge in [-0.15, -0.1) is 0 Å². The molecule has 6 nitrogen and oxygen atoms in total. The van der Waals surface area contributed by atoms with Crippen molar-refractivity contribution in [1.29, 1.82) is 0 Å². The average Bonchev–Trinajstić information content (AvgIpc) is 2.77. The minimum absolute atomic E-state index is 0.0566. The Balaban J connectivity index is 2.08. The standard InChI is InChI=1S/C11H18N4O2S/c1-8-10(16)12-5-3-6-15(8)11-13-9(14-18-11)4-7-17-2/h8H,3-7H2,1-2H3,(H,12,16). The number of rotatable bonds is 4. The van der Waals surface area contributed by atoms with Crippen LogP contribution in [0.1, 0.15) is 19.2 Å². The monoisotopic (exact) mass is 270 g/mol. The number of aromatic nitrogens is 2. The molecule has 0 spiro atoms. The van der Waals surface area contributed by atoms with E-state index in [1.165, 1.54) is 11.5 Å². The van der Waals surface area contributed by atoms with Crippen molar-refractivity contribution in [1.82, 2.24) is 14.7 Å². The fourth-order valence-electron chi connectivity index (χ4n) is 1.86. The highest BCUT2D eigenvalue weighted by molar-refractivity contribution is 7.09. The summed E-state index contributed by atoms with van der Waals surface area (Å²) < 4.78 is 9.30. The topological polar surface area (TPSA) is 67.3 Å². The molecule has 2 rings (SSSR count). The van der Waals surface area contributed by atoms with E-state index in [0.717, 1.165) is 30.5 Å². The van der Waals surface area contributed by atoms with E-state index in [2.05, 4.69) is 14.7 Å². The SMILES string of the molecule is COCCc1nsc(N2CCCNC(=O)C2C)n1. The quantitative estimate of drug-likeness (QED) is 0.860. The second kappa shape index (κ2) is 6.10. The zero-order valence-electron chi connectivity index (χ0n) is 10.7. The molecule has 100 valence electrons. The van der Waals surface area contributed by atoms with Gasteiger partial charge in [0, 0.05) is 38.2 Å². The zero-order chi connectivity index (χ0) is 13.0. The van der Waals surface area contributed by atoms with Crippen molar-refractivity contribution in [3.05, 3.63) is 5.82 Å². The van der Waals surface area contributed by atoms with Gasteiger partial charge < -0.3 is 15.0 Å². The highest BCUT2D eigenvalue weighted by atomic mass is 32.1. The normalized spacial score (nSPS) is 20.7. The molecule has 1 aromatic rings. The van der Waals surface area contributed by atoms with E-state index >= 15 is 0 Å². The highest BCUT2D eigenvalue weighted by Crippen LogP contribution is 2.21. The Morgan fingerprint density at radius 3 is 3.22 bits per heavy atom. The number of ether oxygens (including phenoxy) is 1. The molecule has 0 radical (unpaired) electrons. The predicted molar refractivity (Wildman–Crippen MR) is 69.9 cm³/mol. The lowest BCUT2D eigenvalue weighted by molar-refractivity contribution is -0.121. The molecule has 0 aromatic carbocycles. The molecule has 1 unspecified atom stereocenters. The van der Waals surface area contributed by atoms with E-state index in [0.29, 0.717) is 13.0 Å². The Morgan fingerprint density at radius 2 is 2.44 bits per heavy atom. The Kier molecular flexibility index (Phi) is 4.48. The second-order valence-electron chi connectivity index (χ2n) is 4.25. The van der Waals surface area contributed by atoms with Gasteiger partial charge in [0.2, 0.25) is 11.0 Å². The van der Waals surface area contributed by atoms with E-state index in [4.69, 9.17) is 4.74 Å². The summed E-state index contributed by atoms with van der Waals surface area (Å²) in [7, 11) is 1.66. The van der Waals surface area contributed by atoms with Gasteiger partial charge >= 0.3 is 0 Å². The molecule has 1 aliphatic rings. The van der Waals surface area contributed by atoms with Crippen LogP contribution in [0.25, 0.3) is 0 Å². The molecular formula is C11H18N4O2S. The Morgan fingerprint density at radius 1 is 1.61 bits per heavy atom. The van der Waals surface area contributed by atoms with Gasteiger partial charge in [0.15, 0.2) is 0 Å². The zero-order valence-corrected chi connectivity index (χ0v) is 11.5. The largest absolute Gasteiger partial charge is 0.384 e. The van der Waals surface area contributed by atoms with Crippen LogP contribution in [0.15, 0.2) is 0 Å². The number of carbonyl (C=O) groups is 1. The molecule has 1 amide bonds. The van der Waals surface area contributed by atoms with Crippen LogP contribution >= 0.6 is 11.5 Å². The van der Waals surface area contributed by atoms with Crippen LogP contribution in [0.3, 0.4) is 0 Å². The number of anilines is 1. The summed E-state index contributed by atoms with van der Waals surface area (Å²) in [6.07, 6.45) is 1.64. The number of amides is 1. The maximum Gasteiger partial charge on any atom is 0.242 e. The number of hydrogen-bond donors (Lipinski definition) is 1. The minimum atomic E-state index is -0.185. The van der Waals surface area contributed by atoms with Crippen LogP contribution in [0.4, 0.5) is 5.13 Å². The van der Waals surface area contributed by atoms with Gasteiger partial charge in [0.25, 0.3) is 0 Å². The molecule has 18 heavy (non-hydrogen) atoms. The minimum Gasteiger partial charge on any atom is -0.384 e. The lowest BCUT2D eigenvalue weighted by Crippen LogP contribution is -2.42. The molecule has 1 saturated heterocycles. The lowest BCUT2D eigenvalue weighted by Gasteiger charge is -2.23. The summed E-state index contributed by atoms with van der Waals surface area (Å²) in [5.41, 5.74) is 0. The number of hydrogen-bond acceptors (Lipinski definition) is 6. The van der Waals surface area contributed by atoms with Crippen molar-refractivity contribution in [2.45, 2.75) is 25.8 Å². The second-order valence-corrected chi connectivity index (χ2v) is 4.98. The number of nitrogens with one attached hydrogen (secondary N) is 1. The first kappa shape index (κ1) is 13.2. The summed E-state index contributed by atoms with van der Waals surface area (Å²) in [5, 5.41) is 3.72. The molecule has 0 saturated carbocycles. The van der Waals surface area contributed by atoms with Crippen LogP contribution in [0.2, 0.25) is 0 Å². The van der Waals surface area contributed by atoms with E-state index in [9.17, 15) is 4.79 Å². The first-order chi connectivity index (χ1) is 8.72. The van der Waals surface area contributed by atoms with Crippen LogP contribution < -0.4 is 10.2 Å². The maximum atomic E-state index is 11.8. The molecule has 1 N–H and O–H groups in total. The summed E-state index contributed by atoms with van der Waals surface area (Å²) in [6.45, 7) is 4.08. The van der Waals surface area contributed by atoms with Crippen molar-refractivity contribution in [3.63, 3.8) is 0 Å². The summed E-state index contributed by atoms with van der Waals surface area (Å²) in [4.78, 5) is 18.3. The van der Waals surface area contributed by atoms with Crippen molar-refractivity contribution < 1.29 is 9.53 Å². The van der Waals surface area contributed by atoms with Crippen molar-refractivity contribution >= 4 is 22.6 Å². The number of carbonyl (C=O) groups excluding carboxylic acids is 1. The predicted octanol–water partition coefficient (Wildman–Crippen LogP) is 0.442. The van der Waals surface area contributed by atoms with Gasteiger partial charge in [-0.05, 0) is 13.3 Å². The van der Waals surface area contributed by atoms with E-state index < -0.39 is 0 Å². The third kappa shape index (κ3) is 2.97. The number of nitrogens with zero attached hydrogens (tertiary/aromatic N) is 3. The van der Waals surface area contributed by atoms with E-state index in [1.807, 2.05) is 11.8 Å². The van der Waals surface area contributed by atoms with Gasteiger partial charge in [-0.3, -0.25) is 4.79 Å². The molecule has 7 heteroatoms. The van der Waals surface area contributed by atoms with Crippen LogP contribution in [0, 0.1) is 0 Å². The van der Waals surface area contributed by atoms with Crippen molar-refractivity contribution in [2.75, 3.05) is 31.7 Å². The summed E-state index contributed by atoms with van der Waals surface area (Å²) in [5.74, 6) is 0.842.